The SMILES string of the molecule is Cc1c(-c2ccc(N)c(I)c2)ccn2c(=O)c(C(=O)O)cc(C3CC3)c12. The molecule has 132 valence electrons. The van der Waals surface area contributed by atoms with E-state index in [0.717, 1.165) is 49.9 Å². The number of hydrogen-bond acceptors (Lipinski definition) is 3. The molecule has 6 heteroatoms. The van der Waals surface area contributed by atoms with Crippen LogP contribution in [0.5, 0.6) is 0 Å². The van der Waals surface area contributed by atoms with Crippen molar-refractivity contribution >= 4 is 39.8 Å². The van der Waals surface area contributed by atoms with Crippen LogP contribution in [0.2, 0.25) is 0 Å². The first-order valence-corrected chi connectivity index (χ1v) is 9.44. The predicted octanol–water partition coefficient (Wildman–Crippen LogP) is 4.04. The second kappa shape index (κ2) is 6.12. The van der Waals surface area contributed by atoms with E-state index in [2.05, 4.69) is 22.6 Å². The van der Waals surface area contributed by atoms with Crippen molar-refractivity contribution in [2.45, 2.75) is 25.7 Å². The monoisotopic (exact) mass is 460 g/mol. The molecule has 0 bridgehead atoms. The molecular weight excluding hydrogens is 443 g/mol. The lowest BCUT2D eigenvalue weighted by Gasteiger charge is -2.15. The van der Waals surface area contributed by atoms with Gasteiger partial charge in [-0.2, -0.15) is 0 Å². The molecule has 5 nitrogen and oxygen atoms in total. The normalized spacial score (nSPS) is 13.9. The van der Waals surface area contributed by atoms with Gasteiger partial charge in [0.2, 0.25) is 0 Å². The van der Waals surface area contributed by atoms with E-state index in [1.165, 1.54) is 4.40 Å². The lowest BCUT2D eigenvalue weighted by molar-refractivity contribution is 0.0694. The van der Waals surface area contributed by atoms with Crippen molar-refractivity contribution in [2.75, 3.05) is 5.73 Å². The number of nitrogens with two attached hydrogens (primary N) is 1. The molecule has 2 heterocycles. The fourth-order valence-electron chi connectivity index (χ4n) is 3.46. The molecule has 1 aliphatic carbocycles. The van der Waals surface area contributed by atoms with Crippen molar-refractivity contribution in [2.24, 2.45) is 0 Å². The number of pyridine rings is 2. The van der Waals surface area contributed by atoms with Gasteiger partial charge >= 0.3 is 5.97 Å². The summed E-state index contributed by atoms with van der Waals surface area (Å²) in [5.74, 6) is -0.856. The van der Waals surface area contributed by atoms with Crippen LogP contribution in [0.15, 0.2) is 41.3 Å². The molecule has 0 saturated heterocycles. The van der Waals surface area contributed by atoms with Crippen LogP contribution >= 0.6 is 22.6 Å². The second-order valence-electron chi connectivity index (χ2n) is 6.71. The summed E-state index contributed by atoms with van der Waals surface area (Å²) in [5.41, 5.74) is 10.8. The van der Waals surface area contributed by atoms with E-state index in [0.29, 0.717) is 5.92 Å². The minimum atomic E-state index is -1.18. The first-order valence-electron chi connectivity index (χ1n) is 8.36. The summed E-state index contributed by atoms with van der Waals surface area (Å²) in [7, 11) is 0. The molecule has 0 spiro atoms. The maximum Gasteiger partial charge on any atom is 0.341 e. The Morgan fingerprint density at radius 3 is 2.62 bits per heavy atom. The number of aryl methyl sites for hydroxylation is 1. The van der Waals surface area contributed by atoms with E-state index in [1.54, 1.807) is 12.3 Å². The molecule has 26 heavy (non-hydrogen) atoms. The van der Waals surface area contributed by atoms with Crippen LogP contribution in [0.1, 0.15) is 40.2 Å². The number of rotatable bonds is 3. The lowest BCUT2D eigenvalue weighted by atomic mass is 9.96. The molecule has 0 aliphatic heterocycles. The zero-order valence-electron chi connectivity index (χ0n) is 14.1. The average molecular weight is 460 g/mol. The van der Waals surface area contributed by atoms with Gasteiger partial charge in [-0.05, 0) is 94.8 Å². The fourth-order valence-corrected chi connectivity index (χ4v) is 3.98. The van der Waals surface area contributed by atoms with Gasteiger partial charge in [0.25, 0.3) is 5.56 Å². The standard InChI is InChI=1S/C20H17IN2O3/c1-10-13(12-4-5-17(22)16(21)8-12)6-7-23-18(10)14(11-2-3-11)9-15(19(23)24)20(25)26/h4-9,11H,2-3,22H2,1H3,(H,25,26). The van der Waals surface area contributed by atoms with Crippen molar-refractivity contribution in [3.63, 3.8) is 0 Å². The van der Waals surface area contributed by atoms with E-state index >= 15 is 0 Å². The molecule has 1 aliphatic rings. The van der Waals surface area contributed by atoms with Gasteiger partial charge in [-0.3, -0.25) is 9.20 Å². The third kappa shape index (κ3) is 2.68. The highest BCUT2D eigenvalue weighted by Crippen LogP contribution is 2.43. The van der Waals surface area contributed by atoms with Gasteiger partial charge in [0.05, 0.1) is 5.52 Å². The van der Waals surface area contributed by atoms with Gasteiger partial charge in [-0.25, -0.2) is 4.79 Å². The highest BCUT2D eigenvalue weighted by molar-refractivity contribution is 14.1. The predicted molar refractivity (Wildman–Crippen MR) is 110 cm³/mol. The number of benzene rings is 1. The third-order valence-electron chi connectivity index (χ3n) is 4.97. The molecule has 0 amide bonds. The Morgan fingerprint density at radius 1 is 1.27 bits per heavy atom. The highest BCUT2D eigenvalue weighted by atomic mass is 127. The minimum Gasteiger partial charge on any atom is -0.477 e. The molecule has 1 fully saturated rings. The largest absolute Gasteiger partial charge is 0.477 e. The van der Waals surface area contributed by atoms with Crippen molar-refractivity contribution in [3.05, 3.63) is 67.1 Å². The number of nitrogens with zero attached hydrogens (tertiary/aromatic N) is 1. The van der Waals surface area contributed by atoms with Gasteiger partial charge in [0.1, 0.15) is 5.56 Å². The topological polar surface area (TPSA) is 84.8 Å². The second-order valence-corrected chi connectivity index (χ2v) is 7.87. The molecule has 3 aromatic rings. The number of halogens is 1. The smallest absolute Gasteiger partial charge is 0.341 e. The van der Waals surface area contributed by atoms with Gasteiger partial charge < -0.3 is 10.8 Å². The molecule has 0 unspecified atom stereocenters. The summed E-state index contributed by atoms with van der Waals surface area (Å²) in [6.45, 7) is 1.99. The summed E-state index contributed by atoms with van der Waals surface area (Å²) in [6.07, 6.45) is 3.73. The molecule has 0 radical (unpaired) electrons. The van der Waals surface area contributed by atoms with E-state index in [9.17, 15) is 14.7 Å². The number of carboxylic acids is 1. The average Bonchev–Trinajstić information content (AvgIpc) is 3.43. The summed E-state index contributed by atoms with van der Waals surface area (Å²) >= 11 is 2.21. The summed E-state index contributed by atoms with van der Waals surface area (Å²) in [4.78, 5) is 24.1. The number of hydrogen-bond donors (Lipinski definition) is 2. The van der Waals surface area contributed by atoms with Gasteiger partial charge in [-0.15, -0.1) is 0 Å². The van der Waals surface area contributed by atoms with Gasteiger partial charge in [0, 0.05) is 15.5 Å². The van der Waals surface area contributed by atoms with Crippen molar-refractivity contribution in [3.8, 4) is 11.1 Å². The Morgan fingerprint density at radius 2 is 2.00 bits per heavy atom. The Bertz CT molecular complexity index is 1130. The Labute approximate surface area is 163 Å². The molecule has 1 saturated carbocycles. The first kappa shape index (κ1) is 17.1. The zero-order chi connectivity index (χ0) is 18.6. The summed E-state index contributed by atoms with van der Waals surface area (Å²) < 4.78 is 2.46. The lowest BCUT2D eigenvalue weighted by Crippen LogP contribution is -2.23. The van der Waals surface area contributed by atoms with E-state index in [-0.39, 0.29) is 5.56 Å². The summed E-state index contributed by atoms with van der Waals surface area (Å²) in [6, 6.07) is 9.31. The van der Waals surface area contributed by atoms with E-state index in [4.69, 9.17) is 5.73 Å². The molecule has 0 atom stereocenters. The van der Waals surface area contributed by atoms with Crippen LogP contribution in [-0.4, -0.2) is 15.5 Å². The first-order chi connectivity index (χ1) is 12.4. The van der Waals surface area contributed by atoms with E-state index < -0.39 is 11.5 Å². The number of carbonyl (C=O) groups is 1. The van der Waals surface area contributed by atoms with Crippen LogP contribution in [0, 0.1) is 10.5 Å². The minimum absolute atomic E-state index is 0.168. The van der Waals surface area contributed by atoms with Crippen LogP contribution in [0.3, 0.4) is 0 Å². The number of nitrogen functional groups attached to an aromatic ring is 1. The zero-order valence-corrected chi connectivity index (χ0v) is 16.3. The molecular formula is C20H17IN2O3. The number of aromatic carboxylic acids is 1. The van der Waals surface area contributed by atoms with Crippen molar-refractivity contribution in [1.29, 1.82) is 0 Å². The Balaban J connectivity index is 2.05. The molecule has 4 rings (SSSR count). The Hall–Kier alpha value is -2.35. The molecule has 1 aromatic carbocycles. The van der Waals surface area contributed by atoms with Crippen LogP contribution < -0.4 is 11.3 Å². The van der Waals surface area contributed by atoms with E-state index in [1.807, 2.05) is 31.2 Å². The van der Waals surface area contributed by atoms with Gasteiger partial charge in [0.15, 0.2) is 0 Å². The third-order valence-corrected chi connectivity index (χ3v) is 5.91. The number of aromatic nitrogens is 1. The van der Waals surface area contributed by atoms with Crippen LogP contribution in [0.4, 0.5) is 5.69 Å². The fraction of sp³-hybridized carbons (Fsp3) is 0.200. The molecule has 2 aromatic heterocycles. The van der Waals surface area contributed by atoms with Crippen LogP contribution in [0.25, 0.3) is 16.6 Å². The van der Waals surface area contributed by atoms with Gasteiger partial charge in [-0.1, -0.05) is 6.07 Å². The maximum atomic E-state index is 12.6. The maximum absolute atomic E-state index is 12.6. The Kier molecular flexibility index (Phi) is 4.02. The highest BCUT2D eigenvalue weighted by Gasteiger charge is 2.29. The number of fused-ring (bicyclic) bond motifs is 1. The van der Waals surface area contributed by atoms with Crippen molar-refractivity contribution < 1.29 is 9.90 Å². The molecule has 3 N–H and O–H groups in total. The van der Waals surface area contributed by atoms with Crippen molar-refractivity contribution in [1.82, 2.24) is 4.40 Å². The number of carboxylic acid groups (broad SMARTS) is 1. The number of anilines is 1. The summed E-state index contributed by atoms with van der Waals surface area (Å²) in [5, 5.41) is 9.38. The quantitative estimate of drug-likeness (QED) is 0.457. The van der Waals surface area contributed by atoms with Crippen LogP contribution in [-0.2, 0) is 0 Å².